The van der Waals surface area contributed by atoms with Gasteiger partial charge in [0.2, 0.25) is 5.91 Å². The van der Waals surface area contributed by atoms with Crippen LogP contribution in [0.5, 0.6) is 0 Å². The molecule has 0 aliphatic rings. The average molecular weight is 386 g/mol. The zero-order valence-corrected chi connectivity index (χ0v) is 18.3. The SMILES string of the molecule is CCC(=O)CC.CCSCc1cccc(CSCC)c1.CNC(C)=O. The number of carbonyl (C=O) groups excluding carboxylic acids is 2. The van der Waals surface area contributed by atoms with Gasteiger partial charge in [0.05, 0.1) is 0 Å². The lowest BCUT2D eigenvalue weighted by atomic mass is 10.2. The first kappa shape index (κ1) is 26.3. The minimum atomic E-state index is 0.00463. The second kappa shape index (κ2) is 19.4. The number of amides is 1. The van der Waals surface area contributed by atoms with Crippen LogP contribution in [0.2, 0.25) is 0 Å². The first-order valence-corrected chi connectivity index (χ1v) is 11.2. The zero-order chi connectivity index (χ0) is 19.5. The minimum absolute atomic E-state index is 0.00463. The summed E-state index contributed by atoms with van der Waals surface area (Å²) in [5, 5.41) is 2.39. The Morgan fingerprint density at radius 2 is 1.32 bits per heavy atom. The van der Waals surface area contributed by atoms with E-state index in [0.29, 0.717) is 18.6 Å². The van der Waals surface area contributed by atoms with E-state index in [1.54, 1.807) is 7.05 Å². The molecule has 0 fully saturated rings. The molecule has 0 spiro atoms. The molecule has 0 radical (unpaired) electrons. The van der Waals surface area contributed by atoms with Crippen LogP contribution in [-0.2, 0) is 21.1 Å². The lowest BCUT2D eigenvalue weighted by molar-refractivity contribution is -0.119. The molecule has 0 aliphatic heterocycles. The third-order valence-electron chi connectivity index (χ3n) is 3.08. The summed E-state index contributed by atoms with van der Waals surface area (Å²) < 4.78 is 0. The van der Waals surface area contributed by atoms with Crippen LogP contribution in [0.15, 0.2) is 24.3 Å². The first-order chi connectivity index (χ1) is 11.9. The summed E-state index contributed by atoms with van der Waals surface area (Å²) in [4.78, 5) is 19.9. The fourth-order valence-electron chi connectivity index (χ4n) is 1.50. The summed E-state index contributed by atoms with van der Waals surface area (Å²) in [5.41, 5.74) is 2.93. The van der Waals surface area contributed by atoms with Crippen molar-refractivity contribution in [2.24, 2.45) is 0 Å². The lowest BCUT2D eigenvalue weighted by Crippen LogP contribution is -2.11. The van der Waals surface area contributed by atoms with Crippen molar-refractivity contribution in [1.82, 2.24) is 5.32 Å². The lowest BCUT2D eigenvalue weighted by Gasteiger charge is -2.03. The van der Waals surface area contributed by atoms with Crippen molar-refractivity contribution in [2.45, 2.75) is 59.0 Å². The summed E-state index contributed by atoms with van der Waals surface area (Å²) in [6.45, 7) is 9.65. The van der Waals surface area contributed by atoms with Crippen LogP contribution in [0.1, 0.15) is 58.6 Å². The van der Waals surface area contributed by atoms with Gasteiger partial charge in [0.1, 0.15) is 5.78 Å². The van der Waals surface area contributed by atoms with Crippen molar-refractivity contribution in [2.75, 3.05) is 18.6 Å². The first-order valence-electron chi connectivity index (χ1n) is 8.88. The maximum Gasteiger partial charge on any atom is 0.216 e. The van der Waals surface area contributed by atoms with Gasteiger partial charge in [0.15, 0.2) is 0 Å². The topological polar surface area (TPSA) is 46.2 Å². The molecule has 0 bridgehead atoms. The van der Waals surface area contributed by atoms with E-state index in [1.807, 2.05) is 37.4 Å². The van der Waals surface area contributed by atoms with E-state index in [4.69, 9.17) is 0 Å². The number of benzene rings is 1. The molecule has 0 saturated carbocycles. The Morgan fingerprint density at radius 1 is 0.920 bits per heavy atom. The summed E-state index contributed by atoms with van der Waals surface area (Å²) in [7, 11) is 1.60. The van der Waals surface area contributed by atoms with E-state index in [2.05, 4.69) is 43.4 Å². The van der Waals surface area contributed by atoms with Gasteiger partial charge in [-0.15, -0.1) is 0 Å². The Labute approximate surface area is 163 Å². The Balaban J connectivity index is 0. The van der Waals surface area contributed by atoms with E-state index in [1.165, 1.54) is 29.6 Å². The predicted molar refractivity (Wildman–Crippen MR) is 115 cm³/mol. The van der Waals surface area contributed by atoms with E-state index >= 15 is 0 Å². The molecule has 25 heavy (non-hydrogen) atoms. The molecule has 5 heteroatoms. The van der Waals surface area contributed by atoms with Gasteiger partial charge >= 0.3 is 0 Å². The molecule has 144 valence electrons. The molecule has 0 aliphatic carbocycles. The fraction of sp³-hybridized carbons (Fsp3) is 0.600. The molecule has 3 nitrogen and oxygen atoms in total. The maximum absolute atomic E-state index is 10.2. The van der Waals surface area contributed by atoms with Crippen molar-refractivity contribution in [1.29, 1.82) is 0 Å². The van der Waals surface area contributed by atoms with Gasteiger partial charge in [0, 0.05) is 38.3 Å². The number of thioether (sulfide) groups is 2. The molecule has 0 aromatic heterocycles. The number of hydrogen-bond acceptors (Lipinski definition) is 4. The monoisotopic (exact) mass is 385 g/mol. The van der Waals surface area contributed by atoms with Crippen molar-refractivity contribution < 1.29 is 9.59 Å². The number of carbonyl (C=O) groups is 2. The highest BCUT2D eigenvalue weighted by atomic mass is 32.2. The average Bonchev–Trinajstić information content (AvgIpc) is 2.65. The molecule has 0 atom stereocenters. The van der Waals surface area contributed by atoms with Gasteiger partial charge < -0.3 is 5.32 Å². The summed E-state index contributed by atoms with van der Waals surface area (Å²) in [5.74, 6) is 5.06. The van der Waals surface area contributed by atoms with E-state index < -0.39 is 0 Å². The van der Waals surface area contributed by atoms with Crippen LogP contribution in [0.3, 0.4) is 0 Å². The van der Waals surface area contributed by atoms with E-state index in [0.717, 1.165) is 11.5 Å². The Hall–Kier alpha value is -0.940. The summed E-state index contributed by atoms with van der Waals surface area (Å²) in [6.07, 6.45) is 1.38. The smallest absolute Gasteiger partial charge is 0.216 e. The molecule has 1 N–H and O–H groups in total. The van der Waals surface area contributed by atoms with Crippen molar-refractivity contribution in [3.8, 4) is 0 Å². The number of ketones is 1. The van der Waals surface area contributed by atoms with Crippen LogP contribution in [0.25, 0.3) is 0 Å². The largest absolute Gasteiger partial charge is 0.359 e. The standard InChI is InChI=1S/C12H18S2.C5H10O.C3H7NO/c1-3-13-9-11-6-5-7-12(8-11)10-14-4-2;1-3-5(6)4-2;1-3(5)4-2/h5-8H,3-4,9-10H2,1-2H3;3-4H2,1-2H3;1-2H3,(H,4,5). The number of hydrogen-bond donors (Lipinski definition) is 1. The van der Waals surface area contributed by atoms with Gasteiger partial charge in [-0.2, -0.15) is 23.5 Å². The van der Waals surface area contributed by atoms with Gasteiger partial charge in [-0.25, -0.2) is 0 Å². The highest BCUT2D eigenvalue weighted by Crippen LogP contribution is 2.16. The zero-order valence-electron chi connectivity index (χ0n) is 16.7. The second-order valence-corrected chi connectivity index (χ2v) is 7.69. The van der Waals surface area contributed by atoms with E-state index in [9.17, 15) is 9.59 Å². The van der Waals surface area contributed by atoms with Crippen molar-refractivity contribution in [3.63, 3.8) is 0 Å². The Morgan fingerprint density at radius 3 is 1.56 bits per heavy atom. The van der Waals surface area contributed by atoms with Crippen LogP contribution in [0, 0.1) is 0 Å². The number of Topliss-reactive ketones (excluding diaryl/α,β-unsaturated/α-hetero) is 1. The Bertz CT molecular complexity index is 436. The second-order valence-electron chi connectivity index (χ2n) is 5.15. The van der Waals surface area contributed by atoms with Crippen LogP contribution in [-0.4, -0.2) is 30.2 Å². The fourth-order valence-corrected chi connectivity index (χ4v) is 2.74. The van der Waals surface area contributed by atoms with Crippen molar-refractivity contribution in [3.05, 3.63) is 35.4 Å². The Kier molecular flexibility index (Phi) is 20.4. The van der Waals surface area contributed by atoms with Crippen LogP contribution < -0.4 is 5.32 Å². The van der Waals surface area contributed by atoms with Gasteiger partial charge in [-0.05, 0) is 22.6 Å². The quantitative estimate of drug-likeness (QED) is 0.658. The summed E-state index contributed by atoms with van der Waals surface area (Å²) >= 11 is 3.97. The molecule has 0 saturated heterocycles. The molecule has 1 rings (SSSR count). The number of rotatable bonds is 8. The highest BCUT2D eigenvalue weighted by molar-refractivity contribution is 7.98. The highest BCUT2D eigenvalue weighted by Gasteiger charge is 1.96. The van der Waals surface area contributed by atoms with Crippen LogP contribution >= 0.6 is 23.5 Å². The third-order valence-corrected chi connectivity index (χ3v) is 4.97. The van der Waals surface area contributed by atoms with Gasteiger partial charge in [-0.3, -0.25) is 9.59 Å². The molecule has 1 amide bonds. The van der Waals surface area contributed by atoms with Gasteiger partial charge in [0.25, 0.3) is 0 Å². The molecular weight excluding hydrogens is 350 g/mol. The molecule has 1 aromatic carbocycles. The molecule has 0 unspecified atom stereocenters. The van der Waals surface area contributed by atoms with Crippen molar-refractivity contribution >= 4 is 35.2 Å². The van der Waals surface area contributed by atoms with Gasteiger partial charge in [-0.1, -0.05) is 52.0 Å². The molecule has 0 heterocycles. The molecule has 1 aromatic rings. The minimum Gasteiger partial charge on any atom is -0.359 e. The third kappa shape index (κ3) is 19.2. The molecular formula is C20H35NO2S2. The summed E-state index contributed by atoms with van der Waals surface area (Å²) in [6, 6.07) is 8.97. The normalized spacial score (nSPS) is 9.20. The number of nitrogens with one attached hydrogen (secondary N) is 1. The van der Waals surface area contributed by atoms with E-state index in [-0.39, 0.29) is 5.91 Å². The predicted octanol–water partition coefficient (Wildman–Crippen LogP) is 5.32. The maximum atomic E-state index is 10.2. The van der Waals surface area contributed by atoms with Crippen LogP contribution in [0.4, 0.5) is 0 Å².